The summed E-state index contributed by atoms with van der Waals surface area (Å²) >= 11 is 7.24. The summed E-state index contributed by atoms with van der Waals surface area (Å²) in [5, 5.41) is 4.02. The van der Waals surface area contributed by atoms with E-state index in [0.29, 0.717) is 29.0 Å². The normalized spacial score (nSPS) is 11.9. The Balaban J connectivity index is 1.71. The van der Waals surface area contributed by atoms with Crippen LogP contribution in [0.2, 0.25) is 5.02 Å². The van der Waals surface area contributed by atoms with Gasteiger partial charge in [0, 0.05) is 23.8 Å². The third-order valence-corrected chi connectivity index (χ3v) is 7.74. The number of hydrogen-bond acceptors (Lipinski definition) is 5. The molecule has 3 aromatic rings. The Bertz CT molecular complexity index is 1170. The molecule has 0 bridgehead atoms. The number of benzene rings is 2. The molecule has 1 heterocycles. The van der Waals surface area contributed by atoms with Crippen molar-refractivity contribution in [2.75, 3.05) is 24.2 Å². The molecular formula is C20H23ClN4O3S2. The fourth-order valence-electron chi connectivity index (χ4n) is 2.96. The largest absolute Gasteiger partial charge is 0.333 e. The maximum atomic E-state index is 12.8. The maximum Gasteiger partial charge on any atom is 0.243 e. The van der Waals surface area contributed by atoms with Gasteiger partial charge in [0.15, 0.2) is 5.16 Å². The molecule has 1 amide bonds. The van der Waals surface area contributed by atoms with E-state index in [1.807, 2.05) is 13.0 Å². The smallest absolute Gasteiger partial charge is 0.243 e. The van der Waals surface area contributed by atoms with Crippen molar-refractivity contribution >= 4 is 56.0 Å². The molecule has 2 aromatic carbocycles. The molecule has 0 saturated heterocycles. The van der Waals surface area contributed by atoms with E-state index in [1.165, 1.54) is 22.1 Å². The zero-order valence-corrected chi connectivity index (χ0v) is 19.3. The van der Waals surface area contributed by atoms with Crippen molar-refractivity contribution < 1.29 is 13.2 Å². The number of carbonyl (C=O) groups excluding carboxylic acids is 1. The van der Waals surface area contributed by atoms with Crippen molar-refractivity contribution in [1.29, 1.82) is 0 Å². The second-order valence-corrected chi connectivity index (χ2v) is 9.94. The molecule has 0 aliphatic rings. The van der Waals surface area contributed by atoms with Crippen molar-refractivity contribution in [2.24, 2.45) is 0 Å². The van der Waals surface area contributed by atoms with Gasteiger partial charge in [-0.2, -0.15) is 4.31 Å². The predicted molar refractivity (Wildman–Crippen MR) is 122 cm³/mol. The van der Waals surface area contributed by atoms with Crippen LogP contribution in [0, 0.1) is 6.92 Å². The van der Waals surface area contributed by atoms with Crippen molar-refractivity contribution in [3.63, 3.8) is 0 Å². The first-order valence-corrected chi connectivity index (χ1v) is 12.2. The zero-order chi connectivity index (χ0) is 21.9. The average Bonchev–Trinajstić information content (AvgIpc) is 3.10. The number of aryl methyl sites for hydroxylation is 1. The molecule has 0 radical (unpaired) electrons. The van der Waals surface area contributed by atoms with Gasteiger partial charge in [-0.1, -0.05) is 43.3 Å². The quantitative estimate of drug-likeness (QED) is 0.483. The number of hydrogen-bond donors (Lipinski definition) is 2. The van der Waals surface area contributed by atoms with Crippen LogP contribution in [-0.2, 0) is 14.8 Å². The molecule has 0 aliphatic heterocycles. The summed E-state index contributed by atoms with van der Waals surface area (Å²) in [6.45, 7) is 6.17. The van der Waals surface area contributed by atoms with E-state index in [0.717, 1.165) is 16.6 Å². The van der Waals surface area contributed by atoms with Crippen LogP contribution in [0.3, 0.4) is 0 Å². The minimum atomic E-state index is -3.60. The second-order valence-electron chi connectivity index (χ2n) is 6.61. The third-order valence-electron chi connectivity index (χ3n) is 4.59. The summed E-state index contributed by atoms with van der Waals surface area (Å²) in [5.41, 5.74) is 2.83. The molecule has 0 fully saturated rings. The van der Waals surface area contributed by atoms with E-state index in [-0.39, 0.29) is 16.6 Å². The Labute approximate surface area is 185 Å². The first-order valence-electron chi connectivity index (χ1n) is 9.43. The minimum absolute atomic E-state index is 0.125. The fourth-order valence-corrected chi connectivity index (χ4v) is 5.30. The molecule has 10 heteroatoms. The summed E-state index contributed by atoms with van der Waals surface area (Å²) in [6, 6.07) is 10.1. The number of nitrogens with zero attached hydrogens (tertiary/aromatic N) is 2. The summed E-state index contributed by atoms with van der Waals surface area (Å²) in [7, 11) is -3.60. The molecule has 0 saturated carbocycles. The number of H-pyrrole nitrogens is 1. The van der Waals surface area contributed by atoms with Crippen LogP contribution in [0.5, 0.6) is 0 Å². The van der Waals surface area contributed by atoms with Gasteiger partial charge in [-0.25, -0.2) is 13.4 Å². The van der Waals surface area contributed by atoms with E-state index in [2.05, 4.69) is 15.3 Å². The number of fused-ring (bicyclic) bond motifs is 1. The van der Waals surface area contributed by atoms with E-state index >= 15 is 0 Å². The lowest BCUT2D eigenvalue weighted by Crippen LogP contribution is -2.30. The summed E-state index contributed by atoms with van der Waals surface area (Å²) < 4.78 is 26.9. The lowest BCUT2D eigenvalue weighted by atomic mass is 10.2. The van der Waals surface area contributed by atoms with Crippen molar-refractivity contribution in [2.45, 2.75) is 30.8 Å². The van der Waals surface area contributed by atoms with Gasteiger partial charge in [0.1, 0.15) is 0 Å². The summed E-state index contributed by atoms with van der Waals surface area (Å²) in [6.07, 6.45) is 0. The van der Waals surface area contributed by atoms with E-state index < -0.39 is 10.0 Å². The molecule has 2 N–H and O–H groups in total. The number of anilines is 1. The molecule has 30 heavy (non-hydrogen) atoms. The molecule has 7 nitrogen and oxygen atoms in total. The first kappa shape index (κ1) is 22.6. The van der Waals surface area contributed by atoms with Crippen molar-refractivity contribution in [3.8, 4) is 0 Å². The average molecular weight is 467 g/mol. The molecule has 0 atom stereocenters. The Morgan fingerprint density at radius 2 is 1.93 bits per heavy atom. The van der Waals surface area contributed by atoms with Gasteiger partial charge in [0.25, 0.3) is 0 Å². The lowest BCUT2D eigenvalue weighted by molar-refractivity contribution is -0.113. The number of carbonyl (C=O) groups is 1. The highest BCUT2D eigenvalue weighted by atomic mass is 35.5. The van der Waals surface area contributed by atoms with Gasteiger partial charge >= 0.3 is 0 Å². The first-order chi connectivity index (χ1) is 14.2. The summed E-state index contributed by atoms with van der Waals surface area (Å²) in [4.78, 5) is 20.2. The van der Waals surface area contributed by atoms with Gasteiger partial charge in [0.2, 0.25) is 15.9 Å². The SMILES string of the molecule is CCN(CC)S(=O)(=O)c1ccc(C)c(NC(=O)CSc2nc3ccc(Cl)cc3[nH]2)c1. The highest BCUT2D eigenvalue weighted by molar-refractivity contribution is 7.99. The van der Waals surface area contributed by atoms with Crippen LogP contribution in [0.25, 0.3) is 11.0 Å². The van der Waals surface area contributed by atoms with Crippen LogP contribution in [0.4, 0.5) is 5.69 Å². The van der Waals surface area contributed by atoms with E-state index in [1.54, 1.807) is 38.1 Å². The number of aromatic nitrogens is 2. The molecule has 3 rings (SSSR count). The standard InChI is InChI=1S/C20H23ClN4O3S2/c1-4-25(5-2)30(27,28)15-8-6-13(3)17(11-15)22-19(26)12-29-20-23-16-9-7-14(21)10-18(16)24-20/h6-11H,4-5,12H2,1-3H3,(H,22,26)(H,23,24). The van der Waals surface area contributed by atoms with Gasteiger partial charge in [-0.15, -0.1) is 0 Å². The Morgan fingerprint density at radius 1 is 1.20 bits per heavy atom. The Kier molecular flexibility index (Phi) is 7.07. The summed E-state index contributed by atoms with van der Waals surface area (Å²) in [5.74, 6) is -0.126. The van der Waals surface area contributed by atoms with Gasteiger partial charge in [-0.05, 0) is 42.8 Å². The topological polar surface area (TPSA) is 95.2 Å². The fraction of sp³-hybridized carbons (Fsp3) is 0.300. The number of thioether (sulfide) groups is 1. The van der Waals surface area contributed by atoms with Gasteiger partial charge in [-0.3, -0.25) is 4.79 Å². The molecule has 0 unspecified atom stereocenters. The lowest BCUT2D eigenvalue weighted by Gasteiger charge is -2.19. The van der Waals surface area contributed by atoms with Crippen LogP contribution in [0.15, 0.2) is 46.5 Å². The number of amides is 1. The molecule has 1 aromatic heterocycles. The minimum Gasteiger partial charge on any atom is -0.333 e. The van der Waals surface area contributed by atoms with E-state index in [4.69, 9.17) is 11.6 Å². The van der Waals surface area contributed by atoms with Gasteiger partial charge < -0.3 is 10.3 Å². The maximum absolute atomic E-state index is 12.8. The number of imidazole rings is 1. The van der Waals surface area contributed by atoms with Gasteiger partial charge in [0.05, 0.1) is 21.7 Å². The highest BCUT2D eigenvalue weighted by Crippen LogP contribution is 2.25. The zero-order valence-electron chi connectivity index (χ0n) is 16.9. The van der Waals surface area contributed by atoms with Crippen LogP contribution in [-0.4, -0.2) is 47.4 Å². The number of nitrogens with one attached hydrogen (secondary N) is 2. The van der Waals surface area contributed by atoms with Crippen molar-refractivity contribution in [3.05, 3.63) is 47.0 Å². The molecule has 0 spiro atoms. The van der Waals surface area contributed by atoms with Crippen molar-refractivity contribution in [1.82, 2.24) is 14.3 Å². The monoisotopic (exact) mass is 466 g/mol. The molecular weight excluding hydrogens is 444 g/mol. The molecule has 0 aliphatic carbocycles. The highest BCUT2D eigenvalue weighted by Gasteiger charge is 2.22. The Hall–Kier alpha value is -2.07. The predicted octanol–water partition coefficient (Wildman–Crippen LogP) is 4.29. The number of aromatic amines is 1. The van der Waals surface area contributed by atoms with Crippen LogP contribution >= 0.6 is 23.4 Å². The van der Waals surface area contributed by atoms with Crippen LogP contribution in [0.1, 0.15) is 19.4 Å². The molecule has 160 valence electrons. The Morgan fingerprint density at radius 3 is 2.63 bits per heavy atom. The number of sulfonamides is 1. The van der Waals surface area contributed by atoms with Crippen LogP contribution < -0.4 is 5.32 Å². The third kappa shape index (κ3) is 4.97. The number of halogens is 1. The second kappa shape index (κ2) is 9.38. The van der Waals surface area contributed by atoms with E-state index in [9.17, 15) is 13.2 Å². The number of rotatable bonds is 8.